The van der Waals surface area contributed by atoms with Crippen molar-refractivity contribution >= 4 is 8.80 Å². The highest BCUT2D eigenvalue weighted by Crippen LogP contribution is 2.32. The minimum absolute atomic E-state index is 0.228. The van der Waals surface area contributed by atoms with Gasteiger partial charge in [0.1, 0.15) is 0 Å². The number of ether oxygens (including phenoxy) is 1. The van der Waals surface area contributed by atoms with Crippen LogP contribution in [0.4, 0.5) is 0 Å². The summed E-state index contributed by atoms with van der Waals surface area (Å²) in [7, 11) is -2.71. The van der Waals surface area contributed by atoms with E-state index in [1.165, 1.54) is 5.56 Å². The van der Waals surface area contributed by atoms with E-state index < -0.39 is 8.80 Å². The molecule has 1 aromatic rings. The van der Waals surface area contributed by atoms with Gasteiger partial charge in [0.25, 0.3) is 0 Å². The molecule has 1 heterocycles. The lowest BCUT2D eigenvalue weighted by Gasteiger charge is -2.39. The smallest absolute Gasteiger partial charge is 0.379 e. The van der Waals surface area contributed by atoms with Crippen molar-refractivity contribution in [2.45, 2.75) is 32.9 Å². The van der Waals surface area contributed by atoms with Gasteiger partial charge in [0.15, 0.2) is 0 Å². The van der Waals surface area contributed by atoms with Crippen LogP contribution in [0, 0.1) is 0 Å². The second-order valence-electron chi connectivity index (χ2n) is 5.76. The molecule has 0 amide bonds. The third-order valence-electron chi connectivity index (χ3n) is 4.21. The minimum atomic E-state index is -2.71. The van der Waals surface area contributed by atoms with Crippen LogP contribution in [0.5, 0.6) is 0 Å². The fourth-order valence-electron chi connectivity index (χ4n) is 3.22. The summed E-state index contributed by atoms with van der Waals surface area (Å²) in [4.78, 5) is 2.47. The Kier molecular flexibility index (Phi) is 8.38. The molecule has 2 rings (SSSR count). The molecule has 0 bridgehead atoms. The Morgan fingerprint density at radius 2 is 1.50 bits per heavy atom. The first kappa shape index (κ1) is 19.6. The molecule has 1 fully saturated rings. The summed E-state index contributed by atoms with van der Waals surface area (Å²) in [5, 5.41) is 0. The molecule has 1 atom stereocenters. The molecule has 0 aliphatic carbocycles. The molecular weight excluding hydrogens is 322 g/mol. The standard InChI is InChI=1S/C18H31NO4Si/c1-4-21-24(22-5-2,23-6-3)16-18(17-10-8-7-9-11-17)19-12-14-20-15-13-19/h7-11,18H,4-6,12-16H2,1-3H3. The van der Waals surface area contributed by atoms with Gasteiger partial charge in [-0.05, 0) is 26.3 Å². The molecule has 5 nitrogen and oxygen atoms in total. The van der Waals surface area contributed by atoms with Crippen molar-refractivity contribution in [3.8, 4) is 0 Å². The quantitative estimate of drug-likeness (QED) is 0.605. The predicted octanol–water partition coefficient (Wildman–Crippen LogP) is 3.11. The zero-order valence-electron chi connectivity index (χ0n) is 15.2. The predicted molar refractivity (Wildman–Crippen MR) is 97.0 cm³/mol. The van der Waals surface area contributed by atoms with E-state index in [0.717, 1.165) is 32.3 Å². The summed E-state index contributed by atoms with van der Waals surface area (Å²) in [6, 6.07) is 11.6. The van der Waals surface area contributed by atoms with Crippen molar-refractivity contribution in [3.63, 3.8) is 0 Å². The number of morpholine rings is 1. The van der Waals surface area contributed by atoms with Crippen LogP contribution >= 0.6 is 0 Å². The maximum absolute atomic E-state index is 6.09. The van der Waals surface area contributed by atoms with Crippen LogP contribution in [-0.4, -0.2) is 59.8 Å². The molecule has 1 aliphatic heterocycles. The molecule has 136 valence electrons. The molecule has 1 aliphatic rings. The summed E-state index contributed by atoms with van der Waals surface area (Å²) >= 11 is 0. The van der Waals surface area contributed by atoms with E-state index in [4.69, 9.17) is 18.0 Å². The van der Waals surface area contributed by atoms with Crippen molar-refractivity contribution in [1.82, 2.24) is 4.90 Å². The van der Waals surface area contributed by atoms with Gasteiger partial charge < -0.3 is 18.0 Å². The minimum Gasteiger partial charge on any atom is -0.379 e. The molecule has 0 N–H and O–H groups in total. The molecule has 6 heteroatoms. The largest absolute Gasteiger partial charge is 0.502 e. The van der Waals surface area contributed by atoms with E-state index in [1.54, 1.807) is 0 Å². The number of hydrogen-bond acceptors (Lipinski definition) is 5. The van der Waals surface area contributed by atoms with Gasteiger partial charge in [0.05, 0.1) is 13.2 Å². The van der Waals surface area contributed by atoms with Gasteiger partial charge in [-0.2, -0.15) is 0 Å². The van der Waals surface area contributed by atoms with Crippen molar-refractivity contribution in [2.24, 2.45) is 0 Å². The van der Waals surface area contributed by atoms with Crippen LogP contribution in [0.25, 0.3) is 0 Å². The van der Waals surface area contributed by atoms with Crippen LogP contribution in [0.3, 0.4) is 0 Å². The van der Waals surface area contributed by atoms with Crippen LogP contribution < -0.4 is 0 Å². The highest BCUT2D eigenvalue weighted by Gasteiger charge is 2.44. The van der Waals surface area contributed by atoms with E-state index in [-0.39, 0.29) is 6.04 Å². The third-order valence-corrected chi connectivity index (χ3v) is 7.28. The van der Waals surface area contributed by atoms with Gasteiger partial charge in [-0.25, -0.2) is 0 Å². The van der Waals surface area contributed by atoms with Gasteiger partial charge in [-0.1, -0.05) is 30.3 Å². The van der Waals surface area contributed by atoms with Crippen LogP contribution in [0.15, 0.2) is 30.3 Å². The lowest BCUT2D eigenvalue weighted by Crippen LogP contribution is -2.50. The Labute approximate surface area is 147 Å². The average molecular weight is 354 g/mol. The number of benzene rings is 1. The Morgan fingerprint density at radius 1 is 0.958 bits per heavy atom. The molecule has 0 spiro atoms. The van der Waals surface area contributed by atoms with Gasteiger partial charge >= 0.3 is 8.80 Å². The maximum atomic E-state index is 6.09. The monoisotopic (exact) mass is 353 g/mol. The average Bonchev–Trinajstić information content (AvgIpc) is 2.62. The summed E-state index contributed by atoms with van der Waals surface area (Å²) in [6.45, 7) is 11.2. The normalized spacial score (nSPS) is 17.8. The Bertz CT molecular complexity index is 437. The van der Waals surface area contributed by atoms with Gasteiger partial charge in [-0.15, -0.1) is 0 Å². The van der Waals surface area contributed by atoms with E-state index in [9.17, 15) is 0 Å². The first-order chi connectivity index (χ1) is 11.7. The van der Waals surface area contributed by atoms with Crippen LogP contribution in [0.2, 0.25) is 6.04 Å². The van der Waals surface area contributed by atoms with Crippen molar-refractivity contribution in [1.29, 1.82) is 0 Å². The summed E-state index contributed by atoms with van der Waals surface area (Å²) in [5.74, 6) is 0. The van der Waals surface area contributed by atoms with E-state index in [1.807, 2.05) is 20.8 Å². The number of rotatable bonds is 10. The fourth-order valence-corrected chi connectivity index (χ4v) is 6.11. The molecule has 1 saturated heterocycles. The summed E-state index contributed by atoms with van der Waals surface area (Å²) in [6.07, 6.45) is 0. The molecular formula is C18H31NO4Si. The van der Waals surface area contributed by atoms with Crippen molar-refractivity contribution in [3.05, 3.63) is 35.9 Å². The molecule has 1 aromatic carbocycles. The SMILES string of the molecule is CCO[Si](CC(c1ccccc1)N1CCOCC1)(OCC)OCC. The zero-order chi connectivity index (χ0) is 17.3. The fraction of sp³-hybridized carbons (Fsp3) is 0.667. The maximum Gasteiger partial charge on any atom is 0.502 e. The van der Waals surface area contributed by atoms with E-state index in [0.29, 0.717) is 19.8 Å². The first-order valence-electron chi connectivity index (χ1n) is 9.03. The molecule has 0 radical (unpaired) electrons. The van der Waals surface area contributed by atoms with Crippen LogP contribution in [-0.2, 0) is 18.0 Å². The Balaban J connectivity index is 2.26. The second-order valence-corrected chi connectivity index (χ2v) is 8.40. The number of hydrogen-bond donors (Lipinski definition) is 0. The lowest BCUT2D eigenvalue weighted by molar-refractivity contribution is 0.00990. The summed E-state index contributed by atoms with van der Waals surface area (Å²) < 4.78 is 23.8. The van der Waals surface area contributed by atoms with E-state index in [2.05, 4.69) is 35.2 Å². The Morgan fingerprint density at radius 3 is 2.00 bits per heavy atom. The summed E-state index contributed by atoms with van der Waals surface area (Å²) in [5.41, 5.74) is 1.29. The third kappa shape index (κ3) is 5.37. The second kappa shape index (κ2) is 10.3. The number of nitrogens with zero attached hydrogens (tertiary/aromatic N) is 1. The van der Waals surface area contributed by atoms with E-state index >= 15 is 0 Å². The van der Waals surface area contributed by atoms with Crippen molar-refractivity contribution in [2.75, 3.05) is 46.1 Å². The highest BCUT2D eigenvalue weighted by molar-refractivity contribution is 6.60. The molecule has 1 unspecified atom stereocenters. The zero-order valence-corrected chi connectivity index (χ0v) is 16.2. The lowest BCUT2D eigenvalue weighted by atomic mass is 10.1. The molecule has 0 saturated carbocycles. The van der Waals surface area contributed by atoms with Crippen LogP contribution in [0.1, 0.15) is 32.4 Å². The van der Waals surface area contributed by atoms with Gasteiger partial charge in [0.2, 0.25) is 0 Å². The Hall–Kier alpha value is -0.763. The van der Waals surface area contributed by atoms with Gasteiger partial charge in [-0.3, -0.25) is 4.90 Å². The van der Waals surface area contributed by atoms with Gasteiger partial charge in [0, 0.05) is 45.0 Å². The topological polar surface area (TPSA) is 40.2 Å². The molecule has 24 heavy (non-hydrogen) atoms. The highest BCUT2D eigenvalue weighted by atomic mass is 28.4. The van der Waals surface area contributed by atoms with Crippen molar-refractivity contribution < 1.29 is 18.0 Å². The first-order valence-corrected chi connectivity index (χ1v) is 11.0. The molecule has 0 aromatic heterocycles.